The van der Waals surface area contributed by atoms with Crippen LogP contribution >= 0.6 is 0 Å². The van der Waals surface area contributed by atoms with Crippen LogP contribution in [0.1, 0.15) is 61.9 Å². The topological polar surface area (TPSA) is 104 Å². The summed E-state index contributed by atoms with van der Waals surface area (Å²) in [7, 11) is 0. The van der Waals surface area contributed by atoms with Crippen LogP contribution < -0.4 is 25.2 Å². The Labute approximate surface area is 215 Å². The third kappa shape index (κ3) is 6.78. The molecule has 0 saturated heterocycles. The van der Waals surface area contributed by atoms with Crippen LogP contribution in [0.4, 0.5) is 0 Å². The standard InChI is InChI=1S/C29H31NO7/c1-3-34-24-14-10-19(16-26(24)35-4-2)11-15-27(31)36-22-13-12-20-17-23(29(33)37-25(20)18-22)28(32)30-21-8-6-5-7-9-21/h10-18,21H,3-9H2,1-2H3,(H,30,32)/b15-11+. The number of esters is 1. The smallest absolute Gasteiger partial charge is 0.349 e. The summed E-state index contributed by atoms with van der Waals surface area (Å²) in [5.74, 6) is 0.418. The van der Waals surface area contributed by atoms with Gasteiger partial charge in [0.2, 0.25) is 0 Å². The summed E-state index contributed by atoms with van der Waals surface area (Å²) < 4.78 is 21.9. The molecule has 37 heavy (non-hydrogen) atoms. The molecule has 1 fully saturated rings. The Kier molecular flexibility index (Phi) is 8.61. The van der Waals surface area contributed by atoms with Crippen molar-refractivity contribution < 1.29 is 28.2 Å². The molecule has 0 atom stereocenters. The average molecular weight is 506 g/mol. The molecule has 0 bridgehead atoms. The molecular weight excluding hydrogens is 474 g/mol. The van der Waals surface area contributed by atoms with E-state index >= 15 is 0 Å². The number of amides is 1. The monoisotopic (exact) mass is 505 g/mol. The van der Waals surface area contributed by atoms with Crippen LogP contribution in [-0.4, -0.2) is 31.1 Å². The molecule has 1 amide bonds. The summed E-state index contributed by atoms with van der Waals surface area (Å²) in [5, 5.41) is 3.49. The van der Waals surface area contributed by atoms with Gasteiger partial charge >= 0.3 is 11.6 Å². The molecular formula is C29H31NO7. The number of nitrogens with one attached hydrogen (secondary N) is 1. The van der Waals surface area contributed by atoms with E-state index in [-0.39, 0.29) is 22.9 Å². The lowest BCUT2D eigenvalue weighted by molar-refractivity contribution is -0.128. The van der Waals surface area contributed by atoms with Crippen LogP contribution in [0.15, 0.2) is 57.8 Å². The largest absolute Gasteiger partial charge is 0.490 e. The minimum absolute atomic E-state index is 0.0347. The molecule has 1 saturated carbocycles. The molecule has 0 aliphatic heterocycles. The average Bonchev–Trinajstić information content (AvgIpc) is 2.89. The normalized spacial score (nSPS) is 14.0. The minimum atomic E-state index is -0.732. The predicted octanol–water partition coefficient (Wildman–Crippen LogP) is 5.27. The Morgan fingerprint density at radius 2 is 1.73 bits per heavy atom. The van der Waals surface area contributed by atoms with Crippen molar-refractivity contribution in [2.45, 2.75) is 52.0 Å². The quantitative estimate of drug-likeness (QED) is 0.183. The lowest BCUT2D eigenvalue weighted by Gasteiger charge is -2.22. The van der Waals surface area contributed by atoms with Gasteiger partial charge in [-0.3, -0.25) is 4.79 Å². The van der Waals surface area contributed by atoms with Gasteiger partial charge in [-0.1, -0.05) is 25.3 Å². The molecule has 0 unspecified atom stereocenters. The molecule has 8 heteroatoms. The van der Waals surface area contributed by atoms with Crippen LogP contribution in [0.2, 0.25) is 0 Å². The molecule has 4 rings (SSSR count). The van der Waals surface area contributed by atoms with Gasteiger partial charge in [0.15, 0.2) is 11.5 Å². The Morgan fingerprint density at radius 3 is 2.49 bits per heavy atom. The number of carbonyl (C=O) groups is 2. The molecule has 1 N–H and O–H groups in total. The Hall–Kier alpha value is -4.07. The molecule has 0 spiro atoms. The second-order valence-electron chi connectivity index (χ2n) is 8.78. The predicted molar refractivity (Wildman–Crippen MR) is 140 cm³/mol. The molecule has 3 aromatic rings. The highest BCUT2D eigenvalue weighted by molar-refractivity contribution is 5.97. The van der Waals surface area contributed by atoms with Crippen molar-refractivity contribution in [2.24, 2.45) is 0 Å². The van der Waals surface area contributed by atoms with Crippen molar-refractivity contribution in [1.82, 2.24) is 5.32 Å². The fourth-order valence-corrected chi connectivity index (χ4v) is 4.31. The molecule has 2 aromatic carbocycles. The molecule has 0 radical (unpaired) electrons. The number of fused-ring (bicyclic) bond motifs is 1. The van der Waals surface area contributed by atoms with Gasteiger partial charge in [0.25, 0.3) is 5.91 Å². The van der Waals surface area contributed by atoms with Crippen LogP contribution in [0, 0.1) is 0 Å². The van der Waals surface area contributed by atoms with Gasteiger partial charge in [0.1, 0.15) is 16.9 Å². The highest BCUT2D eigenvalue weighted by Gasteiger charge is 2.20. The second-order valence-corrected chi connectivity index (χ2v) is 8.78. The van der Waals surface area contributed by atoms with E-state index < -0.39 is 17.5 Å². The lowest BCUT2D eigenvalue weighted by atomic mass is 9.95. The second kappa shape index (κ2) is 12.3. The van der Waals surface area contributed by atoms with Gasteiger partial charge in [0.05, 0.1) is 13.2 Å². The summed E-state index contributed by atoms with van der Waals surface area (Å²) in [6, 6.07) is 11.6. The van der Waals surface area contributed by atoms with E-state index in [1.54, 1.807) is 30.3 Å². The summed E-state index contributed by atoms with van der Waals surface area (Å²) in [6.45, 7) is 4.78. The Bertz CT molecular complexity index is 1350. The maximum atomic E-state index is 12.6. The first kappa shape index (κ1) is 26.0. The highest BCUT2D eigenvalue weighted by Crippen LogP contribution is 2.29. The number of rotatable bonds is 9. The molecule has 1 aromatic heterocycles. The zero-order chi connectivity index (χ0) is 26.2. The van der Waals surface area contributed by atoms with Crippen LogP contribution in [0.25, 0.3) is 17.0 Å². The maximum absolute atomic E-state index is 12.6. The number of hydrogen-bond donors (Lipinski definition) is 1. The van der Waals surface area contributed by atoms with Crippen molar-refractivity contribution in [1.29, 1.82) is 0 Å². The third-order valence-electron chi connectivity index (χ3n) is 6.09. The lowest BCUT2D eigenvalue weighted by Crippen LogP contribution is -2.38. The zero-order valence-electron chi connectivity index (χ0n) is 21.1. The molecule has 8 nitrogen and oxygen atoms in total. The van der Waals surface area contributed by atoms with Crippen LogP contribution in [-0.2, 0) is 4.79 Å². The fraction of sp³-hybridized carbons (Fsp3) is 0.345. The molecule has 1 heterocycles. The summed E-state index contributed by atoms with van der Waals surface area (Å²) in [5.41, 5.74) is 0.200. The fourth-order valence-electron chi connectivity index (χ4n) is 4.31. The van der Waals surface area contributed by atoms with E-state index in [0.29, 0.717) is 30.1 Å². The van der Waals surface area contributed by atoms with Crippen molar-refractivity contribution >= 4 is 28.9 Å². The first-order valence-electron chi connectivity index (χ1n) is 12.6. The summed E-state index contributed by atoms with van der Waals surface area (Å²) >= 11 is 0. The summed E-state index contributed by atoms with van der Waals surface area (Å²) in [6.07, 6.45) is 8.05. The molecule has 1 aliphatic carbocycles. The zero-order valence-corrected chi connectivity index (χ0v) is 21.1. The SMILES string of the molecule is CCOc1ccc(/C=C/C(=O)Oc2ccc3cc(C(=O)NC4CCCCC4)c(=O)oc3c2)cc1OCC. The van der Waals surface area contributed by atoms with E-state index in [2.05, 4.69) is 5.32 Å². The number of carbonyl (C=O) groups excluding carboxylic acids is 2. The Balaban J connectivity index is 1.44. The van der Waals surface area contributed by atoms with Gasteiger partial charge in [-0.05, 0) is 68.7 Å². The van der Waals surface area contributed by atoms with Crippen molar-refractivity contribution in [3.63, 3.8) is 0 Å². The number of hydrogen-bond acceptors (Lipinski definition) is 7. The van der Waals surface area contributed by atoms with Gasteiger partial charge in [-0.15, -0.1) is 0 Å². The van der Waals surface area contributed by atoms with E-state index in [1.807, 2.05) is 19.9 Å². The number of ether oxygens (including phenoxy) is 3. The van der Waals surface area contributed by atoms with E-state index in [4.69, 9.17) is 18.6 Å². The minimum Gasteiger partial charge on any atom is -0.490 e. The highest BCUT2D eigenvalue weighted by atomic mass is 16.5. The molecule has 194 valence electrons. The van der Waals surface area contributed by atoms with E-state index in [0.717, 1.165) is 31.2 Å². The van der Waals surface area contributed by atoms with Gasteiger partial charge in [0, 0.05) is 23.6 Å². The van der Waals surface area contributed by atoms with E-state index in [1.165, 1.54) is 24.6 Å². The first-order chi connectivity index (χ1) is 18.0. The third-order valence-corrected chi connectivity index (χ3v) is 6.09. The Morgan fingerprint density at radius 1 is 0.973 bits per heavy atom. The van der Waals surface area contributed by atoms with Gasteiger partial charge in [-0.25, -0.2) is 9.59 Å². The number of benzene rings is 2. The molecule has 1 aliphatic rings. The maximum Gasteiger partial charge on any atom is 0.349 e. The summed E-state index contributed by atoms with van der Waals surface area (Å²) in [4.78, 5) is 37.5. The van der Waals surface area contributed by atoms with Gasteiger partial charge < -0.3 is 23.9 Å². The first-order valence-corrected chi connectivity index (χ1v) is 12.6. The van der Waals surface area contributed by atoms with Crippen molar-refractivity contribution in [3.05, 3.63) is 70.1 Å². The van der Waals surface area contributed by atoms with Crippen LogP contribution in [0.5, 0.6) is 17.2 Å². The van der Waals surface area contributed by atoms with Crippen LogP contribution in [0.3, 0.4) is 0 Å². The van der Waals surface area contributed by atoms with Crippen molar-refractivity contribution in [3.8, 4) is 17.2 Å². The van der Waals surface area contributed by atoms with E-state index in [9.17, 15) is 14.4 Å². The van der Waals surface area contributed by atoms with Gasteiger partial charge in [-0.2, -0.15) is 0 Å². The van der Waals surface area contributed by atoms with Crippen molar-refractivity contribution in [2.75, 3.05) is 13.2 Å².